The van der Waals surface area contributed by atoms with Crippen LogP contribution in [0.3, 0.4) is 0 Å². The van der Waals surface area contributed by atoms with Gasteiger partial charge in [-0.1, -0.05) is 0 Å². The minimum absolute atomic E-state index is 0.0777. The first kappa shape index (κ1) is 15.7. The fraction of sp³-hybridized carbons (Fsp3) is 0.615. The summed E-state index contributed by atoms with van der Waals surface area (Å²) in [6, 6.07) is 0. The van der Waals surface area contributed by atoms with Crippen LogP contribution in [0.25, 0.3) is 0 Å². The number of amides is 1. The molecule has 0 N–H and O–H groups in total. The number of hydrogen-bond donors (Lipinski definition) is 0. The molecule has 1 amide bonds. The van der Waals surface area contributed by atoms with E-state index >= 15 is 0 Å². The van der Waals surface area contributed by atoms with E-state index in [1.807, 2.05) is 0 Å². The van der Waals surface area contributed by atoms with Crippen LogP contribution >= 0.6 is 0 Å². The summed E-state index contributed by atoms with van der Waals surface area (Å²) in [5.74, 6) is -0.0777. The van der Waals surface area contributed by atoms with Crippen LogP contribution in [0, 0.1) is 0 Å². The smallest absolute Gasteiger partial charge is 0.342 e. The summed E-state index contributed by atoms with van der Waals surface area (Å²) < 4.78 is 40.2. The molecule has 1 aliphatic heterocycles. The van der Waals surface area contributed by atoms with Crippen molar-refractivity contribution in [3.63, 3.8) is 0 Å². The molecular weight excluding hydrogens is 287 g/mol. The van der Waals surface area contributed by atoms with Crippen LogP contribution in [0.5, 0.6) is 0 Å². The number of ether oxygens (including phenoxy) is 1. The zero-order chi connectivity index (χ0) is 15.3. The van der Waals surface area contributed by atoms with Crippen LogP contribution in [0.1, 0.15) is 25.0 Å². The zero-order valence-corrected chi connectivity index (χ0v) is 11.3. The third kappa shape index (κ3) is 5.30. The van der Waals surface area contributed by atoms with Crippen molar-refractivity contribution in [2.75, 3.05) is 13.1 Å². The Morgan fingerprint density at radius 3 is 2.62 bits per heavy atom. The highest BCUT2D eigenvalue weighted by Gasteiger charge is 2.35. The van der Waals surface area contributed by atoms with Crippen LogP contribution in [0.15, 0.2) is 18.6 Å². The molecule has 0 radical (unpaired) electrons. The summed E-state index contributed by atoms with van der Waals surface area (Å²) in [5, 5.41) is 0. The summed E-state index contributed by atoms with van der Waals surface area (Å²) in [6.45, 7) is 0.583. The number of alkyl halides is 3. The van der Waals surface area contributed by atoms with E-state index in [0.29, 0.717) is 19.5 Å². The molecule has 0 aromatic carbocycles. The summed E-state index contributed by atoms with van der Waals surface area (Å²) >= 11 is 0. The van der Waals surface area contributed by atoms with Gasteiger partial charge in [0, 0.05) is 38.1 Å². The van der Waals surface area contributed by atoms with Crippen LogP contribution < -0.4 is 0 Å². The number of carbonyl (C=O) groups is 1. The van der Waals surface area contributed by atoms with Crippen molar-refractivity contribution in [1.29, 1.82) is 0 Å². The van der Waals surface area contributed by atoms with Crippen molar-refractivity contribution in [1.82, 2.24) is 14.9 Å². The van der Waals surface area contributed by atoms with Gasteiger partial charge in [0.1, 0.15) is 0 Å². The fourth-order valence-corrected chi connectivity index (χ4v) is 2.26. The molecule has 1 fully saturated rings. The lowest BCUT2D eigenvalue weighted by Gasteiger charge is -2.32. The molecule has 5 nitrogen and oxygen atoms in total. The van der Waals surface area contributed by atoms with E-state index < -0.39 is 12.5 Å². The van der Waals surface area contributed by atoms with Crippen LogP contribution in [0.2, 0.25) is 0 Å². The molecule has 2 rings (SSSR count). The van der Waals surface area contributed by atoms with Crippen LogP contribution in [0.4, 0.5) is 13.2 Å². The van der Waals surface area contributed by atoms with Crippen molar-refractivity contribution in [2.24, 2.45) is 0 Å². The average Bonchev–Trinajstić information content (AvgIpc) is 2.45. The van der Waals surface area contributed by atoms with Crippen molar-refractivity contribution < 1.29 is 22.7 Å². The molecule has 0 spiro atoms. The fourth-order valence-electron chi connectivity index (χ4n) is 2.26. The first-order valence-electron chi connectivity index (χ1n) is 6.71. The highest BCUT2D eigenvalue weighted by Crippen LogP contribution is 2.24. The Bertz CT molecular complexity index is 459. The first-order chi connectivity index (χ1) is 9.94. The largest absolute Gasteiger partial charge is 0.522 e. The molecule has 2 heterocycles. The second-order valence-corrected chi connectivity index (χ2v) is 4.84. The molecule has 1 aromatic rings. The second kappa shape index (κ2) is 6.84. The molecule has 0 atom stereocenters. The van der Waals surface area contributed by atoms with Crippen molar-refractivity contribution in [3.8, 4) is 0 Å². The number of piperidine rings is 1. The molecule has 0 aliphatic carbocycles. The Morgan fingerprint density at radius 2 is 2.05 bits per heavy atom. The maximum atomic E-state index is 12.1. The molecule has 116 valence electrons. The Hall–Kier alpha value is -1.70. The van der Waals surface area contributed by atoms with E-state index in [-0.39, 0.29) is 25.2 Å². The molecule has 0 bridgehead atoms. The highest BCUT2D eigenvalue weighted by molar-refractivity contribution is 5.76. The van der Waals surface area contributed by atoms with Gasteiger partial charge in [0.2, 0.25) is 5.91 Å². The Labute approximate surface area is 120 Å². The van der Waals surface area contributed by atoms with Crippen molar-refractivity contribution in [2.45, 2.75) is 38.1 Å². The number of nitrogens with zero attached hydrogens (tertiary/aromatic N) is 3. The number of likely N-dealkylation sites (tertiary alicyclic amines) is 1. The maximum absolute atomic E-state index is 12.1. The number of rotatable bonds is 4. The van der Waals surface area contributed by atoms with Gasteiger partial charge in [-0.15, -0.1) is 13.2 Å². The predicted octanol–water partition coefficient (Wildman–Crippen LogP) is 1.94. The summed E-state index contributed by atoms with van der Waals surface area (Å²) in [7, 11) is 0. The summed E-state index contributed by atoms with van der Waals surface area (Å²) in [6.07, 6.45) is 0.409. The van der Waals surface area contributed by atoms with Gasteiger partial charge >= 0.3 is 6.36 Å². The molecule has 0 unspecified atom stereocenters. The number of aryl methyl sites for hydroxylation is 1. The van der Waals surface area contributed by atoms with Crippen LogP contribution in [-0.2, 0) is 16.0 Å². The number of halogens is 3. The summed E-state index contributed by atoms with van der Waals surface area (Å²) in [4.78, 5) is 21.5. The standard InChI is InChI=1S/C13H16F3N3O2/c14-13(15,16)21-11-3-7-19(8-4-11)12(20)2-1-10-9-17-5-6-18-10/h5-6,9,11H,1-4,7-8H2. The minimum Gasteiger partial charge on any atom is -0.342 e. The zero-order valence-electron chi connectivity index (χ0n) is 11.3. The van der Waals surface area contributed by atoms with Gasteiger partial charge in [0.15, 0.2) is 0 Å². The van der Waals surface area contributed by atoms with Gasteiger partial charge in [0.25, 0.3) is 0 Å². The monoisotopic (exact) mass is 303 g/mol. The van der Waals surface area contributed by atoms with E-state index in [1.165, 1.54) is 0 Å². The summed E-state index contributed by atoms with van der Waals surface area (Å²) in [5.41, 5.74) is 0.723. The molecule has 1 aliphatic rings. The van der Waals surface area contributed by atoms with E-state index in [9.17, 15) is 18.0 Å². The predicted molar refractivity (Wildman–Crippen MR) is 67.1 cm³/mol. The van der Waals surface area contributed by atoms with Gasteiger partial charge in [-0.2, -0.15) is 0 Å². The Kier molecular flexibility index (Phi) is 5.11. The lowest BCUT2D eigenvalue weighted by molar-refractivity contribution is -0.345. The minimum atomic E-state index is -4.61. The van der Waals surface area contributed by atoms with Crippen LogP contribution in [-0.4, -0.2) is 46.3 Å². The maximum Gasteiger partial charge on any atom is 0.522 e. The molecular formula is C13H16F3N3O2. The third-order valence-corrected chi connectivity index (χ3v) is 3.31. The SMILES string of the molecule is O=C(CCc1cnccn1)N1CCC(OC(F)(F)F)CC1. The second-order valence-electron chi connectivity index (χ2n) is 4.84. The van der Waals surface area contributed by atoms with E-state index in [1.54, 1.807) is 23.5 Å². The van der Waals surface area contributed by atoms with E-state index in [4.69, 9.17) is 0 Å². The lowest BCUT2D eigenvalue weighted by Crippen LogP contribution is -2.42. The van der Waals surface area contributed by atoms with E-state index in [0.717, 1.165) is 5.69 Å². The lowest BCUT2D eigenvalue weighted by atomic mass is 10.1. The molecule has 0 saturated carbocycles. The van der Waals surface area contributed by atoms with E-state index in [2.05, 4.69) is 14.7 Å². The number of aromatic nitrogens is 2. The molecule has 1 aromatic heterocycles. The number of hydrogen-bond acceptors (Lipinski definition) is 4. The van der Waals surface area contributed by atoms with Crippen molar-refractivity contribution in [3.05, 3.63) is 24.3 Å². The third-order valence-electron chi connectivity index (χ3n) is 3.31. The molecule has 1 saturated heterocycles. The quantitative estimate of drug-likeness (QED) is 0.853. The highest BCUT2D eigenvalue weighted by atomic mass is 19.4. The number of carbonyl (C=O) groups excluding carboxylic acids is 1. The van der Waals surface area contributed by atoms with Gasteiger partial charge in [-0.25, -0.2) is 0 Å². The van der Waals surface area contributed by atoms with Crippen molar-refractivity contribution >= 4 is 5.91 Å². The topological polar surface area (TPSA) is 55.3 Å². The van der Waals surface area contributed by atoms with Gasteiger partial charge in [0.05, 0.1) is 11.8 Å². The Morgan fingerprint density at radius 1 is 1.33 bits per heavy atom. The van der Waals surface area contributed by atoms with Gasteiger partial charge in [-0.05, 0) is 19.3 Å². The average molecular weight is 303 g/mol. The molecule has 21 heavy (non-hydrogen) atoms. The molecule has 8 heteroatoms. The van der Waals surface area contributed by atoms with Gasteiger partial charge in [-0.3, -0.25) is 19.5 Å². The first-order valence-corrected chi connectivity index (χ1v) is 6.71. The Balaban J connectivity index is 1.73. The van der Waals surface area contributed by atoms with Gasteiger partial charge < -0.3 is 4.90 Å². The normalized spacial score (nSPS) is 17.0.